The van der Waals surface area contributed by atoms with E-state index in [1.54, 1.807) is 25.3 Å². The van der Waals surface area contributed by atoms with Gasteiger partial charge in [0.2, 0.25) is 0 Å². The number of anilines is 3. The number of nitrogens with one attached hydrogen (secondary N) is 2. The fourth-order valence-corrected chi connectivity index (χ4v) is 7.80. The second kappa shape index (κ2) is 23.5. The molecular formula is C49H67Cl2N7O6. The van der Waals surface area contributed by atoms with Gasteiger partial charge in [-0.05, 0) is 117 Å². The summed E-state index contributed by atoms with van der Waals surface area (Å²) in [7, 11) is 3.41. The Kier molecular flexibility index (Phi) is 18.2. The Hall–Kier alpha value is -5.40. The largest absolute Gasteiger partial charge is 0.505 e. The summed E-state index contributed by atoms with van der Waals surface area (Å²) in [6.45, 7) is 13.4. The number of phenolic OH excluding ortho intramolecular Hbond substituents is 2. The van der Waals surface area contributed by atoms with Crippen LogP contribution in [-0.4, -0.2) is 68.5 Å². The second-order valence-corrected chi connectivity index (χ2v) is 17.7. The van der Waals surface area contributed by atoms with Gasteiger partial charge >= 0.3 is 12.1 Å². The number of aryl methyl sites for hydroxylation is 4. The molecule has 1 unspecified atom stereocenters. The Morgan fingerprint density at radius 2 is 1.36 bits per heavy atom. The lowest BCUT2D eigenvalue weighted by Gasteiger charge is -2.22. The average molecular weight is 921 g/mol. The predicted molar refractivity (Wildman–Crippen MR) is 260 cm³/mol. The molecule has 0 spiro atoms. The maximum Gasteiger partial charge on any atom is 0.409 e. The normalized spacial score (nSPS) is 12.2. The number of aromatic nitrogens is 3. The number of carbonyl (C=O) groups is 2. The monoisotopic (exact) mass is 919 g/mol. The number of hydrazine groups is 2. The highest BCUT2D eigenvalue weighted by atomic mass is 35.5. The smallest absolute Gasteiger partial charge is 0.409 e. The number of nitrogens with zero attached hydrogens (tertiary/aromatic N) is 5. The molecule has 0 saturated heterocycles. The second-order valence-electron chi connectivity index (χ2n) is 16.9. The molecule has 1 amide bonds. The summed E-state index contributed by atoms with van der Waals surface area (Å²) in [4.78, 5) is 26.7. The number of esters is 1. The van der Waals surface area contributed by atoms with Gasteiger partial charge in [0, 0.05) is 30.6 Å². The van der Waals surface area contributed by atoms with Crippen molar-refractivity contribution in [1.29, 1.82) is 0 Å². The zero-order chi connectivity index (χ0) is 46.5. The number of fused-ring (bicyclic) bond motifs is 5. The minimum Gasteiger partial charge on any atom is -0.505 e. The van der Waals surface area contributed by atoms with Gasteiger partial charge in [0.1, 0.15) is 33.9 Å². The SMILES string of the molecule is CCCCC(CC)COC(=O)N(C)C.CCCCCCCCOC(=O)CCc1cc(C)c(O)c(N2Nc3ccc(Cl)cc3N2)c1.Cc1cc(C)c(O)c(-n2n3c4ccc(Cl)cc4n23)c1. The molecule has 1 aliphatic rings. The molecule has 0 fully saturated rings. The highest BCUT2D eigenvalue weighted by Gasteiger charge is 2.27. The number of hydrogen-bond acceptors (Lipinski definition) is 9. The van der Waals surface area contributed by atoms with Crippen LogP contribution in [0.4, 0.5) is 21.9 Å². The van der Waals surface area contributed by atoms with Crippen LogP contribution in [0, 0.1) is 26.7 Å². The Bertz CT molecular complexity index is 2440. The number of benzene rings is 4. The van der Waals surface area contributed by atoms with Gasteiger partial charge in [0.25, 0.3) is 0 Å². The Morgan fingerprint density at radius 3 is 2.08 bits per heavy atom. The van der Waals surface area contributed by atoms with E-state index in [4.69, 9.17) is 32.7 Å². The third-order valence-corrected chi connectivity index (χ3v) is 11.7. The third-order valence-electron chi connectivity index (χ3n) is 11.3. The lowest BCUT2D eigenvalue weighted by molar-refractivity contribution is -0.143. The molecule has 4 N–H and O–H groups in total. The van der Waals surface area contributed by atoms with Gasteiger partial charge in [0.05, 0.1) is 24.6 Å². The molecule has 0 saturated carbocycles. The van der Waals surface area contributed by atoms with Crippen LogP contribution in [0.15, 0.2) is 60.7 Å². The van der Waals surface area contributed by atoms with Crippen LogP contribution in [0.1, 0.15) is 114 Å². The molecule has 0 aliphatic carbocycles. The van der Waals surface area contributed by atoms with E-state index in [0.717, 1.165) is 81.1 Å². The summed E-state index contributed by atoms with van der Waals surface area (Å²) < 4.78 is 14.5. The van der Waals surface area contributed by atoms with Gasteiger partial charge in [0.15, 0.2) is 0 Å². The molecular weight excluding hydrogens is 853 g/mol. The molecule has 0 radical (unpaired) electrons. The first-order valence-electron chi connectivity index (χ1n) is 22.6. The van der Waals surface area contributed by atoms with Crippen LogP contribution in [0.5, 0.6) is 11.5 Å². The number of ether oxygens (including phenoxy) is 2. The molecule has 0 bridgehead atoms. The summed E-state index contributed by atoms with van der Waals surface area (Å²) in [6.07, 6.45) is 12.3. The highest BCUT2D eigenvalue weighted by molar-refractivity contribution is 6.31. The fraction of sp³-hybridized carbons (Fsp3) is 0.469. The van der Waals surface area contributed by atoms with Crippen molar-refractivity contribution in [3.05, 3.63) is 93.0 Å². The number of phenols is 2. The first-order valence-corrected chi connectivity index (χ1v) is 23.4. The summed E-state index contributed by atoms with van der Waals surface area (Å²) in [5, 5.41) is 23.8. The maximum atomic E-state index is 12.1. The van der Waals surface area contributed by atoms with E-state index in [9.17, 15) is 19.8 Å². The summed E-state index contributed by atoms with van der Waals surface area (Å²) >= 11 is 12.1. The first kappa shape index (κ1) is 49.6. The highest BCUT2D eigenvalue weighted by Crippen LogP contribution is 2.39. The van der Waals surface area contributed by atoms with Crippen LogP contribution in [-0.2, 0) is 20.7 Å². The van der Waals surface area contributed by atoms with Crippen molar-refractivity contribution in [1.82, 2.24) is 19.0 Å². The standard InChI is InChI=1S/C24H32ClN3O3.C14H12ClN3O.C11H23NO2/c1-3-4-5-6-7-8-13-31-23(29)12-9-18-14-17(2)24(30)22(15-18)28-26-20-11-10-19(25)16-21(20)27-28;1-8-5-9(2)14(19)13(6-8)18-16-11-4-3-10(15)7-12(11)17(16)18;1-5-7-8-10(6-2)9-14-11(13)12(3)4/h10-11,14-16,26-27,30H,3-9,12-13H2,1-2H3;3-7,19H,1-2H3;10H,5-9H2,1-4H3. The zero-order valence-electron chi connectivity index (χ0n) is 38.8. The Morgan fingerprint density at radius 1 is 0.719 bits per heavy atom. The van der Waals surface area contributed by atoms with E-state index in [-0.39, 0.29) is 17.8 Å². The van der Waals surface area contributed by atoms with Crippen molar-refractivity contribution in [3.63, 3.8) is 0 Å². The van der Waals surface area contributed by atoms with Crippen LogP contribution < -0.4 is 16.0 Å². The minimum atomic E-state index is -0.236. The number of carbonyl (C=O) groups excluding carboxylic acids is 2. The van der Waals surface area contributed by atoms with Gasteiger partial charge in [-0.3, -0.25) is 15.6 Å². The van der Waals surface area contributed by atoms with E-state index >= 15 is 0 Å². The van der Waals surface area contributed by atoms with Crippen LogP contribution in [0.2, 0.25) is 10.0 Å². The van der Waals surface area contributed by atoms with E-state index in [2.05, 4.69) is 31.6 Å². The quantitative estimate of drug-likeness (QED) is 0.0490. The van der Waals surface area contributed by atoms with Crippen molar-refractivity contribution in [2.75, 3.05) is 43.3 Å². The lowest BCUT2D eigenvalue weighted by atomic mass is 10.0. The molecule has 15 heteroatoms. The van der Waals surface area contributed by atoms with Crippen LogP contribution in [0.3, 0.4) is 0 Å². The van der Waals surface area contributed by atoms with E-state index in [1.807, 2.05) is 89.4 Å². The van der Waals surface area contributed by atoms with Crippen molar-refractivity contribution >= 4 is 63.4 Å². The molecule has 348 valence electrons. The van der Waals surface area contributed by atoms with E-state index in [1.165, 1.54) is 43.4 Å². The fourth-order valence-electron chi connectivity index (χ4n) is 7.46. The Balaban J connectivity index is 0.000000198. The van der Waals surface area contributed by atoms with Crippen molar-refractivity contribution in [3.8, 4) is 17.2 Å². The van der Waals surface area contributed by atoms with Gasteiger partial charge < -0.3 is 24.6 Å². The molecule has 3 heterocycles. The molecule has 1 aliphatic heterocycles. The van der Waals surface area contributed by atoms with E-state index in [0.29, 0.717) is 48.4 Å². The maximum absolute atomic E-state index is 12.1. The van der Waals surface area contributed by atoms with E-state index < -0.39 is 0 Å². The number of halogens is 2. The number of hydrogen-bond donors (Lipinski definition) is 4. The molecule has 1 atom stereocenters. The Labute approximate surface area is 388 Å². The van der Waals surface area contributed by atoms with Gasteiger partial charge in [-0.1, -0.05) is 107 Å². The molecule has 6 aromatic rings. The number of aromatic hydroxyl groups is 2. The van der Waals surface area contributed by atoms with Crippen LogP contribution in [0.25, 0.3) is 16.7 Å². The molecule has 64 heavy (non-hydrogen) atoms. The van der Waals surface area contributed by atoms with Gasteiger partial charge in [-0.15, -0.1) is 14.1 Å². The summed E-state index contributed by atoms with van der Waals surface area (Å²) in [5.41, 5.74) is 15.3. The molecule has 2 aromatic heterocycles. The zero-order valence-corrected chi connectivity index (χ0v) is 40.3. The first-order chi connectivity index (χ1) is 30.7. The van der Waals surface area contributed by atoms with Crippen LogP contribution >= 0.6 is 23.2 Å². The third kappa shape index (κ3) is 13.1. The topological polar surface area (TPSA) is 137 Å². The van der Waals surface area contributed by atoms with Crippen molar-refractivity contribution in [2.45, 2.75) is 119 Å². The molecule has 7 rings (SSSR count). The number of unbranched alkanes of at least 4 members (excludes halogenated alkanes) is 6. The number of rotatable bonds is 18. The lowest BCUT2D eigenvalue weighted by Crippen LogP contribution is -2.29. The average Bonchev–Trinajstić information content (AvgIpc) is 3.75. The predicted octanol–water partition coefficient (Wildman–Crippen LogP) is 12.7. The molecule has 13 nitrogen and oxygen atoms in total. The summed E-state index contributed by atoms with van der Waals surface area (Å²) in [5.74, 6) is 0.837. The van der Waals surface area contributed by atoms with Crippen molar-refractivity contribution in [2.24, 2.45) is 5.92 Å². The van der Waals surface area contributed by atoms with Crippen molar-refractivity contribution < 1.29 is 29.3 Å². The molecule has 4 aromatic carbocycles. The van der Waals surface area contributed by atoms with Gasteiger partial charge in [-0.25, -0.2) is 4.79 Å². The van der Waals surface area contributed by atoms with Gasteiger partial charge in [-0.2, -0.15) is 5.12 Å². The minimum absolute atomic E-state index is 0.174. The summed E-state index contributed by atoms with van der Waals surface area (Å²) in [6, 6.07) is 19.0. The number of amides is 1.